The molecule has 2 aromatic carbocycles. The monoisotopic (exact) mass is 412 g/mol. The summed E-state index contributed by atoms with van der Waals surface area (Å²) in [6.07, 6.45) is 3.39. The first-order chi connectivity index (χ1) is 14.7. The molecule has 2 N–H and O–H groups in total. The third kappa shape index (κ3) is 6.47. The molecule has 2 aromatic rings. The summed E-state index contributed by atoms with van der Waals surface area (Å²) in [7, 11) is 1.75. The van der Waals surface area contributed by atoms with Crippen LogP contribution >= 0.6 is 0 Å². The van der Waals surface area contributed by atoms with Crippen LogP contribution in [0.3, 0.4) is 0 Å². The maximum atomic E-state index is 12.9. The van der Waals surface area contributed by atoms with Crippen molar-refractivity contribution in [3.05, 3.63) is 59.9 Å². The van der Waals surface area contributed by atoms with Crippen molar-refractivity contribution in [3.63, 3.8) is 0 Å². The Labute approximate surface area is 177 Å². The molecule has 1 heterocycles. The van der Waals surface area contributed by atoms with Crippen molar-refractivity contribution in [1.82, 2.24) is 10.6 Å². The maximum Gasteiger partial charge on any atom is 0.227 e. The van der Waals surface area contributed by atoms with E-state index in [-0.39, 0.29) is 11.7 Å². The Morgan fingerprint density at radius 2 is 1.87 bits per heavy atom. The van der Waals surface area contributed by atoms with Gasteiger partial charge in [-0.15, -0.1) is 0 Å². The van der Waals surface area contributed by atoms with Gasteiger partial charge in [-0.25, -0.2) is 4.39 Å². The van der Waals surface area contributed by atoms with Gasteiger partial charge >= 0.3 is 0 Å². The number of amides is 1. The Hall–Kier alpha value is -3.09. The van der Waals surface area contributed by atoms with Gasteiger partial charge in [-0.1, -0.05) is 12.1 Å². The third-order valence-corrected chi connectivity index (χ3v) is 4.95. The number of hydrogen-bond donors (Lipinski definition) is 2. The number of halogens is 1. The number of benzene rings is 2. The number of aliphatic imine (C=N–C) groups is 1. The third-order valence-electron chi connectivity index (χ3n) is 4.95. The van der Waals surface area contributed by atoms with E-state index in [0.29, 0.717) is 25.3 Å². The van der Waals surface area contributed by atoms with Crippen LogP contribution in [0.15, 0.2) is 53.5 Å². The zero-order valence-corrected chi connectivity index (χ0v) is 17.4. The molecule has 0 bridgehead atoms. The summed E-state index contributed by atoms with van der Waals surface area (Å²) < 4.78 is 18.4. The number of carbonyl (C=O) groups is 1. The van der Waals surface area contributed by atoms with Crippen LogP contribution in [0.2, 0.25) is 0 Å². The van der Waals surface area contributed by atoms with E-state index >= 15 is 0 Å². The number of unbranched alkanes of at least 4 members (excludes halogenated alkanes) is 1. The molecule has 7 heteroatoms. The molecule has 1 saturated heterocycles. The highest BCUT2D eigenvalue weighted by atomic mass is 19.1. The number of nitrogens with one attached hydrogen (secondary N) is 2. The quantitative estimate of drug-likeness (QED) is 0.376. The molecule has 0 aliphatic carbocycles. The molecular weight excluding hydrogens is 383 g/mol. The minimum absolute atomic E-state index is 0.202. The molecule has 0 spiro atoms. The molecule has 0 saturated carbocycles. The SMILES string of the molecule is CN=C(NCCCCOc1ccc(F)cc1)NCc1ccc(N2CCCC2=O)cc1. The molecule has 160 valence electrons. The van der Waals surface area contributed by atoms with Gasteiger partial charge in [0.2, 0.25) is 5.91 Å². The fraction of sp³-hybridized carbons (Fsp3) is 0.391. The number of rotatable bonds is 9. The Morgan fingerprint density at radius 3 is 2.53 bits per heavy atom. The molecule has 3 rings (SSSR count). The normalized spacial score (nSPS) is 14.1. The summed E-state index contributed by atoms with van der Waals surface area (Å²) in [5, 5.41) is 6.59. The Balaban J connectivity index is 1.31. The maximum absolute atomic E-state index is 12.9. The summed E-state index contributed by atoms with van der Waals surface area (Å²) in [5.41, 5.74) is 2.09. The van der Waals surface area contributed by atoms with E-state index in [4.69, 9.17) is 4.74 Å². The van der Waals surface area contributed by atoms with Crippen molar-refractivity contribution >= 4 is 17.6 Å². The number of hydrogen-bond acceptors (Lipinski definition) is 3. The average molecular weight is 413 g/mol. The van der Waals surface area contributed by atoms with E-state index in [1.165, 1.54) is 12.1 Å². The first-order valence-electron chi connectivity index (χ1n) is 10.4. The molecule has 0 unspecified atom stereocenters. The topological polar surface area (TPSA) is 66.0 Å². The van der Waals surface area contributed by atoms with Crippen LogP contribution in [-0.4, -0.2) is 38.6 Å². The van der Waals surface area contributed by atoms with Gasteiger partial charge < -0.3 is 20.3 Å². The van der Waals surface area contributed by atoms with Crippen molar-refractivity contribution in [2.75, 3.05) is 31.6 Å². The van der Waals surface area contributed by atoms with Crippen molar-refractivity contribution in [2.24, 2.45) is 4.99 Å². The Morgan fingerprint density at radius 1 is 1.10 bits per heavy atom. The molecule has 6 nitrogen and oxygen atoms in total. The second-order valence-corrected chi connectivity index (χ2v) is 7.18. The minimum Gasteiger partial charge on any atom is -0.494 e. The van der Waals surface area contributed by atoms with Gasteiger partial charge in [0.15, 0.2) is 5.96 Å². The average Bonchev–Trinajstić information content (AvgIpc) is 3.20. The van der Waals surface area contributed by atoms with Gasteiger partial charge in [0.25, 0.3) is 0 Å². The minimum atomic E-state index is -0.261. The number of carbonyl (C=O) groups excluding carboxylic acids is 1. The highest BCUT2D eigenvalue weighted by molar-refractivity contribution is 5.95. The van der Waals surface area contributed by atoms with Crippen LogP contribution in [-0.2, 0) is 11.3 Å². The molecule has 0 radical (unpaired) electrons. The van der Waals surface area contributed by atoms with Gasteiger partial charge in [0.05, 0.1) is 6.61 Å². The van der Waals surface area contributed by atoms with Crippen LogP contribution < -0.4 is 20.3 Å². The molecule has 30 heavy (non-hydrogen) atoms. The van der Waals surface area contributed by atoms with E-state index in [0.717, 1.165) is 49.6 Å². The predicted octanol–water partition coefficient (Wildman–Crippen LogP) is 3.48. The Bertz CT molecular complexity index is 837. The fourth-order valence-corrected chi connectivity index (χ4v) is 3.28. The molecular formula is C23H29FN4O2. The van der Waals surface area contributed by atoms with E-state index in [2.05, 4.69) is 15.6 Å². The molecule has 0 atom stereocenters. The van der Waals surface area contributed by atoms with Gasteiger partial charge in [-0.3, -0.25) is 9.79 Å². The molecule has 1 amide bonds. The van der Waals surface area contributed by atoms with E-state index in [1.807, 2.05) is 29.2 Å². The molecule has 0 aromatic heterocycles. The molecule has 1 fully saturated rings. The molecule has 1 aliphatic heterocycles. The van der Waals surface area contributed by atoms with E-state index in [1.54, 1.807) is 19.2 Å². The highest BCUT2D eigenvalue weighted by Crippen LogP contribution is 2.21. The second-order valence-electron chi connectivity index (χ2n) is 7.18. The number of ether oxygens (including phenoxy) is 1. The van der Waals surface area contributed by atoms with Gasteiger partial charge in [0, 0.05) is 38.8 Å². The number of nitrogens with zero attached hydrogens (tertiary/aromatic N) is 2. The van der Waals surface area contributed by atoms with Gasteiger partial charge in [-0.2, -0.15) is 0 Å². The van der Waals surface area contributed by atoms with Gasteiger partial charge in [-0.05, 0) is 61.2 Å². The smallest absolute Gasteiger partial charge is 0.227 e. The van der Waals surface area contributed by atoms with E-state index < -0.39 is 0 Å². The fourth-order valence-electron chi connectivity index (χ4n) is 3.28. The lowest BCUT2D eigenvalue weighted by molar-refractivity contribution is -0.117. The standard InChI is InChI=1S/C23H29FN4O2/c1-25-23(26-14-2-3-16-30-21-12-8-19(24)9-13-21)27-17-18-6-10-20(11-7-18)28-15-4-5-22(28)29/h6-13H,2-5,14-17H2,1H3,(H2,25,26,27). The van der Waals surface area contributed by atoms with Crippen LogP contribution in [0, 0.1) is 5.82 Å². The summed E-state index contributed by atoms with van der Waals surface area (Å²) >= 11 is 0. The molecule has 1 aliphatic rings. The van der Waals surface area contributed by atoms with Crippen molar-refractivity contribution in [1.29, 1.82) is 0 Å². The lowest BCUT2D eigenvalue weighted by Gasteiger charge is -2.16. The first kappa shape index (κ1) is 21.6. The summed E-state index contributed by atoms with van der Waals surface area (Å²) in [6, 6.07) is 14.1. The van der Waals surface area contributed by atoms with Gasteiger partial charge in [0.1, 0.15) is 11.6 Å². The highest BCUT2D eigenvalue weighted by Gasteiger charge is 2.21. The lowest BCUT2D eigenvalue weighted by atomic mass is 10.2. The van der Waals surface area contributed by atoms with Crippen LogP contribution in [0.4, 0.5) is 10.1 Å². The lowest BCUT2D eigenvalue weighted by Crippen LogP contribution is -2.37. The van der Waals surface area contributed by atoms with Crippen molar-refractivity contribution in [3.8, 4) is 5.75 Å². The zero-order chi connectivity index (χ0) is 21.2. The largest absolute Gasteiger partial charge is 0.494 e. The van der Waals surface area contributed by atoms with Crippen LogP contribution in [0.25, 0.3) is 0 Å². The first-order valence-corrected chi connectivity index (χ1v) is 10.4. The summed E-state index contributed by atoms with van der Waals surface area (Å²) in [5.74, 6) is 1.37. The van der Waals surface area contributed by atoms with Crippen LogP contribution in [0.5, 0.6) is 5.75 Å². The number of anilines is 1. The Kier molecular flexibility index (Phi) is 8.06. The van der Waals surface area contributed by atoms with Crippen molar-refractivity contribution in [2.45, 2.75) is 32.2 Å². The summed E-state index contributed by atoms with van der Waals surface area (Å²) in [6.45, 7) is 2.83. The number of guanidine groups is 1. The predicted molar refractivity (Wildman–Crippen MR) is 117 cm³/mol. The van der Waals surface area contributed by atoms with Crippen molar-refractivity contribution < 1.29 is 13.9 Å². The summed E-state index contributed by atoms with van der Waals surface area (Å²) in [4.78, 5) is 17.9. The second kappa shape index (κ2) is 11.2. The van der Waals surface area contributed by atoms with E-state index in [9.17, 15) is 9.18 Å². The van der Waals surface area contributed by atoms with Crippen LogP contribution in [0.1, 0.15) is 31.2 Å². The zero-order valence-electron chi connectivity index (χ0n) is 17.4.